The van der Waals surface area contributed by atoms with E-state index in [0.29, 0.717) is 22.8 Å². The van der Waals surface area contributed by atoms with E-state index in [1.54, 1.807) is 12.1 Å². The molecule has 0 aliphatic carbocycles. The van der Waals surface area contributed by atoms with Crippen molar-refractivity contribution in [2.45, 2.75) is 13.0 Å². The Bertz CT molecular complexity index is 1180. The highest BCUT2D eigenvalue weighted by Crippen LogP contribution is 2.21. The largest absolute Gasteiger partial charge is 0.487 e. The Kier molecular flexibility index (Phi) is 4.60. The van der Waals surface area contributed by atoms with Crippen molar-refractivity contribution in [3.05, 3.63) is 94.5 Å². The molecule has 0 aliphatic rings. The van der Waals surface area contributed by atoms with Gasteiger partial charge in [0.05, 0.1) is 11.4 Å². The lowest BCUT2D eigenvalue weighted by molar-refractivity contribution is 0.151. The second-order valence-electron chi connectivity index (χ2n) is 6.07. The first-order valence-corrected chi connectivity index (χ1v) is 8.38. The third-order valence-electron chi connectivity index (χ3n) is 4.17. The van der Waals surface area contributed by atoms with Gasteiger partial charge in [-0.15, -0.1) is 0 Å². The highest BCUT2D eigenvalue weighted by atomic mass is 19.3. The molecule has 0 amide bonds. The van der Waals surface area contributed by atoms with E-state index in [-0.39, 0.29) is 18.0 Å². The lowest BCUT2D eigenvalue weighted by Gasteiger charge is -2.08. The van der Waals surface area contributed by atoms with E-state index in [9.17, 15) is 18.0 Å². The molecule has 5 nitrogen and oxygen atoms in total. The molecule has 0 bridgehead atoms. The highest BCUT2D eigenvalue weighted by molar-refractivity contribution is 5.42. The first-order valence-electron chi connectivity index (χ1n) is 8.38. The molecule has 2 heterocycles. The van der Waals surface area contributed by atoms with Gasteiger partial charge in [-0.05, 0) is 42.5 Å². The standard InChI is InChI=1S/C20H14F3N3O2/c21-14-4-6-17(7-5-14)28-12-15-11-26-18(24-15)8-9-25(20(26)27)16-3-1-2-13(10-16)19(22)23/h1-11,19H,12H2. The summed E-state index contributed by atoms with van der Waals surface area (Å²) in [4.78, 5) is 17.1. The van der Waals surface area contributed by atoms with Crippen molar-refractivity contribution < 1.29 is 17.9 Å². The maximum Gasteiger partial charge on any atom is 0.338 e. The third-order valence-corrected chi connectivity index (χ3v) is 4.17. The number of hydrogen-bond acceptors (Lipinski definition) is 3. The predicted octanol–water partition coefficient (Wildman–Crippen LogP) is 4.14. The molecule has 28 heavy (non-hydrogen) atoms. The van der Waals surface area contributed by atoms with Crippen LogP contribution in [0.2, 0.25) is 0 Å². The smallest absolute Gasteiger partial charge is 0.338 e. The van der Waals surface area contributed by atoms with Crippen LogP contribution in [0.25, 0.3) is 11.3 Å². The molecule has 0 fully saturated rings. The van der Waals surface area contributed by atoms with Crippen molar-refractivity contribution in [1.82, 2.24) is 14.0 Å². The van der Waals surface area contributed by atoms with E-state index in [1.165, 1.54) is 63.8 Å². The topological polar surface area (TPSA) is 48.5 Å². The maximum atomic E-state index is 12.9. The van der Waals surface area contributed by atoms with Crippen molar-refractivity contribution in [2.24, 2.45) is 0 Å². The zero-order chi connectivity index (χ0) is 19.7. The van der Waals surface area contributed by atoms with Crippen molar-refractivity contribution in [3.63, 3.8) is 0 Å². The first kappa shape index (κ1) is 17.8. The number of alkyl halides is 2. The molecule has 0 radical (unpaired) electrons. The SMILES string of the molecule is O=c1n(-c2cccc(C(F)F)c2)ccc2nc(COc3ccc(F)cc3)cn12. The molecule has 2 aromatic heterocycles. The van der Waals surface area contributed by atoms with Crippen molar-refractivity contribution in [2.75, 3.05) is 0 Å². The van der Waals surface area contributed by atoms with Crippen LogP contribution in [0.15, 0.2) is 71.8 Å². The van der Waals surface area contributed by atoms with Gasteiger partial charge in [-0.25, -0.2) is 22.9 Å². The van der Waals surface area contributed by atoms with E-state index in [0.717, 1.165) is 0 Å². The molecule has 0 N–H and O–H groups in total. The molecular weight excluding hydrogens is 371 g/mol. The minimum absolute atomic E-state index is 0.0909. The lowest BCUT2D eigenvalue weighted by atomic mass is 10.2. The molecule has 142 valence electrons. The van der Waals surface area contributed by atoms with Gasteiger partial charge in [0.25, 0.3) is 6.43 Å². The van der Waals surface area contributed by atoms with Gasteiger partial charge in [-0.1, -0.05) is 12.1 Å². The quantitative estimate of drug-likeness (QED) is 0.519. The van der Waals surface area contributed by atoms with Crippen LogP contribution in [0.4, 0.5) is 13.2 Å². The number of nitrogens with zero attached hydrogens (tertiary/aromatic N) is 3. The number of aromatic nitrogens is 3. The van der Waals surface area contributed by atoms with Crippen LogP contribution in [0.1, 0.15) is 17.7 Å². The normalized spacial score (nSPS) is 11.3. The minimum atomic E-state index is -2.62. The summed E-state index contributed by atoms with van der Waals surface area (Å²) in [6.07, 6.45) is 0.386. The van der Waals surface area contributed by atoms with Gasteiger partial charge < -0.3 is 4.74 Å². The van der Waals surface area contributed by atoms with Gasteiger partial charge >= 0.3 is 5.69 Å². The van der Waals surface area contributed by atoms with Crippen molar-refractivity contribution in [1.29, 1.82) is 0 Å². The monoisotopic (exact) mass is 385 g/mol. The zero-order valence-corrected chi connectivity index (χ0v) is 14.4. The Morgan fingerprint density at radius 1 is 1.07 bits per heavy atom. The van der Waals surface area contributed by atoms with Crippen LogP contribution in [0, 0.1) is 5.82 Å². The fourth-order valence-electron chi connectivity index (χ4n) is 2.80. The van der Waals surface area contributed by atoms with Gasteiger partial charge in [0.2, 0.25) is 0 Å². The molecule has 8 heteroatoms. The summed E-state index contributed by atoms with van der Waals surface area (Å²) < 4.78 is 46.9. The van der Waals surface area contributed by atoms with Crippen LogP contribution in [-0.4, -0.2) is 14.0 Å². The Morgan fingerprint density at radius 3 is 2.61 bits per heavy atom. The maximum absolute atomic E-state index is 12.9. The summed E-state index contributed by atoms with van der Waals surface area (Å²) in [6, 6.07) is 12.8. The molecule has 0 saturated carbocycles. The molecular formula is C20H14F3N3O2. The van der Waals surface area contributed by atoms with Crippen LogP contribution < -0.4 is 10.4 Å². The molecule has 0 spiro atoms. The van der Waals surface area contributed by atoms with Gasteiger partial charge in [0.15, 0.2) is 0 Å². The van der Waals surface area contributed by atoms with Gasteiger partial charge in [0, 0.05) is 18.0 Å². The summed E-state index contributed by atoms with van der Waals surface area (Å²) in [5.74, 6) is 0.108. The summed E-state index contributed by atoms with van der Waals surface area (Å²) in [5, 5.41) is 0. The van der Waals surface area contributed by atoms with E-state index < -0.39 is 12.1 Å². The van der Waals surface area contributed by atoms with Crippen LogP contribution in [0.3, 0.4) is 0 Å². The summed E-state index contributed by atoms with van der Waals surface area (Å²) in [6.45, 7) is 0.0909. The highest BCUT2D eigenvalue weighted by Gasteiger charge is 2.11. The second-order valence-corrected chi connectivity index (χ2v) is 6.07. The summed E-state index contributed by atoms with van der Waals surface area (Å²) in [7, 11) is 0. The fraction of sp³-hybridized carbons (Fsp3) is 0.100. The zero-order valence-electron chi connectivity index (χ0n) is 14.4. The van der Waals surface area contributed by atoms with Gasteiger partial charge in [0.1, 0.15) is 23.8 Å². The molecule has 4 aromatic rings. The number of hydrogen-bond donors (Lipinski definition) is 0. The summed E-state index contributed by atoms with van der Waals surface area (Å²) >= 11 is 0. The number of fused-ring (bicyclic) bond motifs is 1. The van der Waals surface area contributed by atoms with E-state index in [4.69, 9.17) is 4.74 Å². The minimum Gasteiger partial charge on any atom is -0.487 e. The Morgan fingerprint density at radius 2 is 1.86 bits per heavy atom. The van der Waals surface area contributed by atoms with E-state index in [2.05, 4.69) is 4.98 Å². The molecule has 0 saturated heterocycles. The lowest BCUT2D eigenvalue weighted by Crippen LogP contribution is -2.24. The fourth-order valence-corrected chi connectivity index (χ4v) is 2.80. The van der Waals surface area contributed by atoms with Gasteiger partial charge in [-0.3, -0.25) is 8.97 Å². The number of halogens is 3. The van der Waals surface area contributed by atoms with Gasteiger partial charge in [-0.2, -0.15) is 0 Å². The first-order chi connectivity index (χ1) is 13.5. The Balaban J connectivity index is 1.63. The predicted molar refractivity (Wildman–Crippen MR) is 96.5 cm³/mol. The van der Waals surface area contributed by atoms with Crippen LogP contribution in [0.5, 0.6) is 5.75 Å². The number of benzene rings is 2. The number of imidazole rings is 1. The third kappa shape index (κ3) is 3.48. The van der Waals surface area contributed by atoms with Crippen LogP contribution in [-0.2, 0) is 6.61 Å². The average molecular weight is 385 g/mol. The molecule has 2 aromatic carbocycles. The van der Waals surface area contributed by atoms with Crippen molar-refractivity contribution in [3.8, 4) is 11.4 Å². The molecule has 0 aliphatic heterocycles. The Labute approximate surface area is 157 Å². The molecule has 4 rings (SSSR count). The summed E-state index contributed by atoms with van der Waals surface area (Å²) in [5.41, 5.74) is 0.639. The molecule has 0 unspecified atom stereocenters. The van der Waals surface area contributed by atoms with E-state index in [1.807, 2.05) is 0 Å². The average Bonchev–Trinajstić information content (AvgIpc) is 3.12. The number of ether oxygens (including phenoxy) is 1. The second kappa shape index (κ2) is 7.22. The molecule has 0 atom stereocenters. The van der Waals surface area contributed by atoms with Crippen LogP contribution >= 0.6 is 0 Å². The Hall–Kier alpha value is -3.55. The van der Waals surface area contributed by atoms with Crippen molar-refractivity contribution >= 4 is 5.65 Å². The number of rotatable bonds is 5. The van der Waals surface area contributed by atoms with E-state index >= 15 is 0 Å².